The molecule has 0 aromatic heterocycles. The summed E-state index contributed by atoms with van der Waals surface area (Å²) in [5.74, 6) is -0.942. The summed E-state index contributed by atoms with van der Waals surface area (Å²) in [5, 5.41) is 8.93. The van der Waals surface area contributed by atoms with E-state index in [2.05, 4.69) is 0 Å². The summed E-state index contributed by atoms with van der Waals surface area (Å²) in [6.45, 7) is 0. The van der Waals surface area contributed by atoms with Crippen LogP contribution in [0.3, 0.4) is 0 Å². The molecule has 16 heavy (non-hydrogen) atoms. The lowest BCUT2D eigenvalue weighted by Crippen LogP contribution is -2.20. The Labute approximate surface area is 94.8 Å². The Balaban J connectivity index is 2.56. The summed E-state index contributed by atoms with van der Waals surface area (Å²) in [7, 11) is 0. The first kappa shape index (κ1) is 11.5. The van der Waals surface area contributed by atoms with Crippen molar-refractivity contribution in [2.45, 2.75) is 24.6 Å². The van der Waals surface area contributed by atoms with Gasteiger partial charge >= 0.3 is 6.18 Å². The van der Waals surface area contributed by atoms with E-state index < -0.39 is 23.0 Å². The number of nitrogens with two attached hydrogens (primary N) is 1. The van der Waals surface area contributed by atoms with Crippen molar-refractivity contribution in [2.75, 3.05) is 0 Å². The van der Waals surface area contributed by atoms with Crippen LogP contribution in [0.2, 0.25) is 5.02 Å². The van der Waals surface area contributed by atoms with Crippen LogP contribution in [-0.4, -0.2) is 5.11 Å². The summed E-state index contributed by atoms with van der Waals surface area (Å²) in [6.07, 6.45) is -3.37. The van der Waals surface area contributed by atoms with E-state index in [0.29, 0.717) is 18.4 Å². The SMILES string of the molecule is NC1(c2cc(Cl)c(O)c(C(F)(F)F)c2)CC1. The van der Waals surface area contributed by atoms with Crippen LogP contribution in [-0.2, 0) is 11.7 Å². The first-order valence-electron chi connectivity index (χ1n) is 4.63. The molecule has 0 atom stereocenters. The number of aromatic hydroxyl groups is 1. The molecule has 0 spiro atoms. The number of hydrogen-bond acceptors (Lipinski definition) is 2. The van der Waals surface area contributed by atoms with Gasteiger partial charge in [-0.15, -0.1) is 0 Å². The molecule has 0 amide bonds. The van der Waals surface area contributed by atoms with Gasteiger partial charge in [-0.05, 0) is 30.5 Å². The van der Waals surface area contributed by atoms with E-state index in [1.54, 1.807) is 0 Å². The van der Waals surface area contributed by atoms with Crippen molar-refractivity contribution < 1.29 is 18.3 Å². The Bertz CT molecular complexity index is 440. The van der Waals surface area contributed by atoms with Crippen molar-refractivity contribution in [3.05, 3.63) is 28.3 Å². The van der Waals surface area contributed by atoms with E-state index in [-0.39, 0.29) is 5.02 Å². The molecule has 3 N–H and O–H groups in total. The molecule has 1 aliphatic carbocycles. The lowest BCUT2D eigenvalue weighted by atomic mass is 10.0. The molecule has 2 nitrogen and oxygen atoms in total. The quantitative estimate of drug-likeness (QED) is 0.806. The van der Waals surface area contributed by atoms with E-state index in [9.17, 15) is 18.3 Å². The highest BCUT2D eigenvalue weighted by Gasteiger charge is 2.43. The maximum absolute atomic E-state index is 12.6. The van der Waals surface area contributed by atoms with Gasteiger partial charge in [0.1, 0.15) is 5.75 Å². The van der Waals surface area contributed by atoms with Gasteiger partial charge in [0.2, 0.25) is 0 Å². The zero-order valence-electron chi connectivity index (χ0n) is 8.11. The number of rotatable bonds is 1. The van der Waals surface area contributed by atoms with Gasteiger partial charge in [-0.25, -0.2) is 0 Å². The van der Waals surface area contributed by atoms with E-state index in [4.69, 9.17) is 17.3 Å². The molecule has 6 heteroatoms. The summed E-state index contributed by atoms with van der Waals surface area (Å²) >= 11 is 5.55. The molecular formula is C10H9ClF3NO. The maximum Gasteiger partial charge on any atom is 0.420 e. The summed E-state index contributed by atoms with van der Waals surface area (Å²) in [5.41, 5.74) is 4.27. The third-order valence-electron chi connectivity index (χ3n) is 2.73. The Morgan fingerprint density at radius 1 is 1.31 bits per heavy atom. The van der Waals surface area contributed by atoms with Gasteiger partial charge in [0.15, 0.2) is 0 Å². The van der Waals surface area contributed by atoms with Crippen LogP contribution in [0.25, 0.3) is 0 Å². The van der Waals surface area contributed by atoms with Crippen molar-refractivity contribution in [1.29, 1.82) is 0 Å². The molecule has 1 aromatic carbocycles. The lowest BCUT2D eigenvalue weighted by Gasteiger charge is -2.15. The van der Waals surface area contributed by atoms with E-state index in [0.717, 1.165) is 6.07 Å². The minimum absolute atomic E-state index is 0.318. The second-order valence-corrected chi connectivity index (χ2v) is 4.42. The fourth-order valence-electron chi connectivity index (χ4n) is 1.53. The van der Waals surface area contributed by atoms with E-state index >= 15 is 0 Å². The van der Waals surface area contributed by atoms with E-state index in [1.807, 2.05) is 0 Å². The molecule has 1 aromatic rings. The predicted molar refractivity (Wildman–Crippen MR) is 53.2 cm³/mol. The number of hydrogen-bond donors (Lipinski definition) is 2. The normalized spacial score (nSPS) is 18.6. The molecule has 0 heterocycles. The van der Waals surface area contributed by atoms with Crippen molar-refractivity contribution >= 4 is 11.6 Å². The monoisotopic (exact) mass is 251 g/mol. The van der Waals surface area contributed by atoms with Crippen LogP contribution in [0, 0.1) is 0 Å². The van der Waals surface area contributed by atoms with Crippen LogP contribution >= 0.6 is 11.6 Å². The average Bonchev–Trinajstić information content (AvgIpc) is 2.87. The number of benzene rings is 1. The highest BCUT2D eigenvalue weighted by molar-refractivity contribution is 6.32. The standard InChI is InChI=1S/C10H9ClF3NO/c11-7-4-5(9(15)1-2-9)3-6(8(7)16)10(12,13)14/h3-4,16H,1-2,15H2. The lowest BCUT2D eigenvalue weighted by molar-refractivity contribution is -0.138. The number of phenolic OH excluding ortho intramolecular Hbond substituents is 1. The maximum atomic E-state index is 12.6. The van der Waals surface area contributed by atoms with Crippen molar-refractivity contribution in [3.8, 4) is 5.75 Å². The second kappa shape index (κ2) is 3.28. The van der Waals surface area contributed by atoms with Gasteiger partial charge in [-0.3, -0.25) is 0 Å². The summed E-state index contributed by atoms with van der Waals surface area (Å²) in [6, 6.07) is 2.16. The van der Waals surface area contributed by atoms with Crippen LogP contribution < -0.4 is 5.73 Å². The number of halogens is 4. The number of phenols is 1. The first-order chi connectivity index (χ1) is 7.24. The fourth-order valence-corrected chi connectivity index (χ4v) is 1.75. The molecule has 1 fully saturated rings. The average molecular weight is 252 g/mol. The topological polar surface area (TPSA) is 46.2 Å². The van der Waals surface area contributed by atoms with Crippen molar-refractivity contribution in [3.63, 3.8) is 0 Å². The van der Waals surface area contributed by atoms with Crippen LogP contribution in [0.15, 0.2) is 12.1 Å². The van der Waals surface area contributed by atoms with Crippen molar-refractivity contribution in [2.24, 2.45) is 5.73 Å². The molecule has 88 valence electrons. The Morgan fingerprint density at radius 3 is 2.31 bits per heavy atom. The largest absolute Gasteiger partial charge is 0.506 e. The molecule has 0 unspecified atom stereocenters. The summed E-state index contributed by atoms with van der Waals surface area (Å²) in [4.78, 5) is 0. The van der Waals surface area contributed by atoms with Crippen LogP contribution in [0.1, 0.15) is 24.0 Å². The van der Waals surface area contributed by atoms with Gasteiger partial charge in [0.25, 0.3) is 0 Å². The Morgan fingerprint density at radius 2 is 1.88 bits per heavy atom. The third-order valence-corrected chi connectivity index (χ3v) is 3.02. The van der Waals surface area contributed by atoms with E-state index in [1.165, 1.54) is 6.07 Å². The van der Waals surface area contributed by atoms with Crippen LogP contribution in [0.5, 0.6) is 5.75 Å². The molecule has 0 radical (unpaired) electrons. The summed E-state index contributed by atoms with van der Waals surface area (Å²) < 4.78 is 37.7. The second-order valence-electron chi connectivity index (χ2n) is 4.01. The Kier molecular flexibility index (Phi) is 2.36. The van der Waals surface area contributed by atoms with Gasteiger partial charge in [0, 0.05) is 5.54 Å². The minimum Gasteiger partial charge on any atom is -0.506 e. The number of alkyl halides is 3. The zero-order valence-corrected chi connectivity index (χ0v) is 8.86. The van der Waals surface area contributed by atoms with Gasteiger partial charge in [-0.2, -0.15) is 13.2 Å². The molecule has 1 saturated carbocycles. The molecule has 2 rings (SSSR count). The minimum atomic E-state index is -4.63. The van der Waals surface area contributed by atoms with Gasteiger partial charge < -0.3 is 10.8 Å². The highest BCUT2D eigenvalue weighted by Crippen LogP contribution is 2.48. The zero-order chi connectivity index (χ0) is 12.1. The molecule has 1 aliphatic rings. The molecule has 0 aliphatic heterocycles. The smallest absolute Gasteiger partial charge is 0.420 e. The van der Waals surface area contributed by atoms with Crippen LogP contribution in [0.4, 0.5) is 13.2 Å². The predicted octanol–water partition coefficient (Wildman–Crippen LogP) is 3.01. The highest BCUT2D eigenvalue weighted by atomic mass is 35.5. The Hall–Kier alpha value is -0.940. The van der Waals surface area contributed by atoms with Gasteiger partial charge in [-0.1, -0.05) is 11.6 Å². The molecular weight excluding hydrogens is 243 g/mol. The third kappa shape index (κ3) is 1.85. The van der Waals surface area contributed by atoms with Crippen molar-refractivity contribution in [1.82, 2.24) is 0 Å². The van der Waals surface area contributed by atoms with Gasteiger partial charge in [0.05, 0.1) is 10.6 Å². The first-order valence-corrected chi connectivity index (χ1v) is 5.01. The molecule has 0 saturated heterocycles. The fraction of sp³-hybridized carbons (Fsp3) is 0.400. The molecule has 0 bridgehead atoms.